The number of piperidine rings is 1. The summed E-state index contributed by atoms with van der Waals surface area (Å²) in [6, 6.07) is 33.8. The van der Waals surface area contributed by atoms with Gasteiger partial charge in [-0.15, -0.1) is 0 Å². The van der Waals surface area contributed by atoms with Gasteiger partial charge in [0, 0.05) is 19.3 Å². The van der Waals surface area contributed by atoms with E-state index in [2.05, 4.69) is 107 Å². The molecule has 0 amide bonds. The summed E-state index contributed by atoms with van der Waals surface area (Å²) in [4.78, 5) is 14.8. The number of rotatable bonds is 7. The summed E-state index contributed by atoms with van der Waals surface area (Å²) in [6.07, 6.45) is 4.82. The molecule has 1 aliphatic heterocycles. The average Bonchev–Trinajstić information content (AvgIpc) is 3.45. The standard InChI is InChI=1S/C35H39N3O3/c1-34(2,3)41-33(40)38-25-22-31(36-38)21-13-14-27-26-37(24-23-32(27)39)35(28-15-7-4-8-16-28,29-17-9-5-10-18-29)30-19-11-6-12-20-30/h4-12,14-20,22,25,32,39H,13,21,23-24,26H2,1-3H3. The highest BCUT2D eigenvalue weighted by Gasteiger charge is 2.44. The van der Waals surface area contributed by atoms with E-state index in [9.17, 15) is 9.90 Å². The number of likely N-dealkylation sites (tertiary alicyclic amines) is 1. The summed E-state index contributed by atoms with van der Waals surface area (Å²) in [5, 5.41) is 15.5. The van der Waals surface area contributed by atoms with Gasteiger partial charge in [0.25, 0.3) is 0 Å². The monoisotopic (exact) mass is 549 g/mol. The number of ether oxygens (including phenoxy) is 1. The van der Waals surface area contributed by atoms with E-state index in [4.69, 9.17) is 4.74 Å². The lowest BCUT2D eigenvalue weighted by molar-refractivity contribution is 0.0514. The number of allylic oxidation sites excluding steroid dienone is 1. The Balaban J connectivity index is 1.43. The first-order valence-electron chi connectivity index (χ1n) is 14.3. The molecule has 4 aromatic rings. The van der Waals surface area contributed by atoms with Crippen molar-refractivity contribution in [3.05, 3.63) is 137 Å². The molecule has 3 aromatic carbocycles. The Bertz CT molecular complexity index is 1360. The van der Waals surface area contributed by atoms with Crippen molar-refractivity contribution in [3.8, 4) is 0 Å². The molecule has 0 radical (unpaired) electrons. The molecule has 0 saturated carbocycles. The molecule has 2 heterocycles. The number of hydrogen-bond donors (Lipinski definition) is 1. The zero-order valence-corrected chi connectivity index (χ0v) is 24.1. The summed E-state index contributed by atoms with van der Waals surface area (Å²) in [6.45, 7) is 6.89. The average molecular weight is 550 g/mol. The van der Waals surface area contributed by atoms with Crippen LogP contribution in [0.4, 0.5) is 4.79 Å². The van der Waals surface area contributed by atoms with Crippen molar-refractivity contribution in [1.29, 1.82) is 0 Å². The Labute approximate surface area is 242 Å². The third kappa shape index (κ3) is 6.34. The molecule has 1 atom stereocenters. The van der Waals surface area contributed by atoms with Crippen LogP contribution in [-0.2, 0) is 16.7 Å². The molecule has 1 fully saturated rings. The molecule has 0 spiro atoms. The van der Waals surface area contributed by atoms with Gasteiger partial charge in [-0.1, -0.05) is 97.1 Å². The smallest absolute Gasteiger partial charge is 0.435 e. The van der Waals surface area contributed by atoms with Gasteiger partial charge in [0.05, 0.1) is 17.3 Å². The van der Waals surface area contributed by atoms with Crippen LogP contribution >= 0.6 is 0 Å². The fourth-order valence-corrected chi connectivity index (χ4v) is 5.75. The predicted octanol–water partition coefficient (Wildman–Crippen LogP) is 6.58. The number of aromatic nitrogens is 2. The van der Waals surface area contributed by atoms with Crippen LogP contribution in [0.5, 0.6) is 0 Å². The molecule has 1 N–H and O–H groups in total. The van der Waals surface area contributed by atoms with E-state index in [0.717, 1.165) is 17.8 Å². The molecule has 6 heteroatoms. The van der Waals surface area contributed by atoms with Gasteiger partial charge in [-0.25, -0.2) is 4.79 Å². The van der Waals surface area contributed by atoms with Crippen molar-refractivity contribution in [2.75, 3.05) is 13.1 Å². The second-order valence-corrected chi connectivity index (χ2v) is 11.6. The van der Waals surface area contributed by atoms with Crippen LogP contribution in [0.15, 0.2) is 115 Å². The minimum Gasteiger partial charge on any atom is -0.442 e. The highest BCUT2D eigenvalue weighted by atomic mass is 16.6. The number of benzene rings is 3. The van der Waals surface area contributed by atoms with Crippen LogP contribution in [0.25, 0.3) is 0 Å². The third-order valence-corrected chi connectivity index (χ3v) is 7.55. The zero-order valence-electron chi connectivity index (χ0n) is 24.1. The SMILES string of the molecule is CC(C)(C)OC(=O)n1ccc(CCC=C2CN(C(c3ccccc3)(c3ccccc3)c3ccccc3)CCC2O)n1. The van der Waals surface area contributed by atoms with E-state index in [1.807, 2.05) is 26.8 Å². The minimum atomic E-state index is -0.578. The van der Waals surface area contributed by atoms with Gasteiger partial charge in [0.2, 0.25) is 0 Å². The molecular formula is C35H39N3O3. The lowest BCUT2D eigenvalue weighted by Crippen LogP contribution is -2.52. The molecule has 6 nitrogen and oxygen atoms in total. The molecule has 0 bridgehead atoms. The van der Waals surface area contributed by atoms with Crippen molar-refractivity contribution < 1.29 is 14.6 Å². The van der Waals surface area contributed by atoms with Gasteiger partial charge in [-0.05, 0) is 68.4 Å². The maximum absolute atomic E-state index is 12.3. The maximum Gasteiger partial charge on any atom is 0.435 e. The molecule has 0 aliphatic carbocycles. The Hall–Kier alpha value is -4.00. The van der Waals surface area contributed by atoms with Gasteiger partial charge in [-0.2, -0.15) is 9.78 Å². The van der Waals surface area contributed by atoms with Crippen molar-refractivity contribution in [2.45, 2.75) is 57.3 Å². The molecule has 5 rings (SSSR count). The van der Waals surface area contributed by atoms with Gasteiger partial charge in [0.1, 0.15) is 5.60 Å². The summed E-state index contributed by atoms with van der Waals surface area (Å²) in [5.74, 6) is 0. The van der Waals surface area contributed by atoms with Crippen molar-refractivity contribution in [2.24, 2.45) is 0 Å². The largest absolute Gasteiger partial charge is 0.442 e. The van der Waals surface area contributed by atoms with E-state index < -0.39 is 23.3 Å². The Kier molecular flexibility index (Phi) is 8.52. The lowest BCUT2D eigenvalue weighted by Gasteiger charge is -2.48. The summed E-state index contributed by atoms with van der Waals surface area (Å²) in [7, 11) is 0. The first-order chi connectivity index (χ1) is 19.8. The van der Waals surface area contributed by atoms with Crippen LogP contribution in [0.2, 0.25) is 0 Å². The van der Waals surface area contributed by atoms with Crippen LogP contribution in [0.1, 0.15) is 56.0 Å². The summed E-state index contributed by atoms with van der Waals surface area (Å²) < 4.78 is 6.66. The highest BCUT2D eigenvalue weighted by Crippen LogP contribution is 2.44. The Morgan fingerprint density at radius 1 is 0.902 bits per heavy atom. The Morgan fingerprint density at radius 3 is 1.95 bits per heavy atom. The minimum absolute atomic E-state index is 0.487. The molecular weight excluding hydrogens is 510 g/mol. The highest BCUT2D eigenvalue weighted by molar-refractivity contribution is 5.69. The van der Waals surface area contributed by atoms with Crippen molar-refractivity contribution in [3.63, 3.8) is 0 Å². The topological polar surface area (TPSA) is 67.6 Å². The number of aliphatic hydroxyl groups excluding tert-OH is 1. The van der Waals surface area contributed by atoms with Gasteiger partial charge >= 0.3 is 6.09 Å². The molecule has 212 valence electrons. The second kappa shape index (κ2) is 12.2. The number of aliphatic hydroxyl groups is 1. The molecule has 1 saturated heterocycles. The van der Waals surface area contributed by atoms with E-state index >= 15 is 0 Å². The first kappa shape index (κ1) is 28.5. The first-order valence-corrected chi connectivity index (χ1v) is 14.3. The van der Waals surface area contributed by atoms with Crippen LogP contribution < -0.4 is 0 Å². The second-order valence-electron chi connectivity index (χ2n) is 11.6. The van der Waals surface area contributed by atoms with Gasteiger partial charge in [0.15, 0.2) is 0 Å². The summed E-state index contributed by atoms with van der Waals surface area (Å²) in [5.41, 5.74) is 4.31. The lowest BCUT2D eigenvalue weighted by atomic mass is 9.74. The van der Waals surface area contributed by atoms with E-state index in [1.165, 1.54) is 21.4 Å². The molecule has 1 aliphatic rings. The molecule has 41 heavy (non-hydrogen) atoms. The molecule has 1 unspecified atom stereocenters. The van der Waals surface area contributed by atoms with E-state index in [-0.39, 0.29) is 0 Å². The van der Waals surface area contributed by atoms with Crippen molar-refractivity contribution >= 4 is 6.09 Å². The van der Waals surface area contributed by atoms with E-state index in [0.29, 0.717) is 25.8 Å². The fraction of sp³-hybridized carbons (Fsp3) is 0.314. The maximum atomic E-state index is 12.3. The Morgan fingerprint density at radius 2 is 1.44 bits per heavy atom. The fourth-order valence-electron chi connectivity index (χ4n) is 5.75. The van der Waals surface area contributed by atoms with Crippen molar-refractivity contribution in [1.82, 2.24) is 14.7 Å². The third-order valence-electron chi connectivity index (χ3n) is 7.55. The summed E-state index contributed by atoms with van der Waals surface area (Å²) >= 11 is 0. The quantitative estimate of drug-likeness (QED) is 0.208. The number of hydrogen-bond acceptors (Lipinski definition) is 5. The predicted molar refractivity (Wildman–Crippen MR) is 162 cm³/mol. The van der Waals surface area contributed by atoms with E-state index in [1.54, 1.807) is 6.20 Å². The number of carbonyl (C=O) groups is 1. The van der Waals surface area contributed by atoms with Crippen LogP contribution in [-0.4, -0.2) is 50.7 Å². The number of nitrogens with zero attached hydrogens (tertiary/aromatic N) is 3. The van der Waals surface area contributed by atoms with Crippen LogP contribution in [0.3, 0.4) is 0 Å². The normalized spacial score (nSPS) is 17.5. The van der Waals surface area contributed by atoms with Gasteiger partial charge in [-0.3, -0.25) is 4.90 Å². The zero-order chi connectivity index (χ0) is 28.9. The molecule has 1 aromatic heterocycles. The number of aryl methyl sites for hydroxylation is 1. The number of carbonyl (C=O) groups excluding carboxylic acids is 1. The van der Waals surface area contributed by atoms with Gasteiger partial charge < -0.3 is 9.84 Å². The van der Waals surface area contributed by atoms with Crippen LogP contribution in [0, 0.1) is 0 Å².